The van der Waals surface area contributed by atoms with E-state index in [2.05, 4.69) is 9.84 Å². The molecule has 0 fully saturated rings. The molecule has 0 aliphatic heterocycles. The summed E-state index contributed by atoms with van der Waals surface area (Å²) in [5.41, 5.74) is 1.20. The first-order valence-corrected chi connectivity index (χ1v) is 6.37. The number of nitrogens with zero attached hydrogens (tertiary/aromatic N) is 2. The van der Waals surface area contributed by atoms with Crippen molar-refractivity contribution in [3.63, 3.8) is 0 Å². The lowest BCUT2D eigenvalue weighted by molar-refractivity contribution is -0.275. The van der Waals surface area contributed by atoms with Crippen LogP contribution in [-0.2, 0) is 13.5 Å². The van der Waals surface area contributed by atoms with Gasteiger partial charge in [0.1, 0.15) is 11.9 Å². The summed E-state index contributed by atoms with van der Waals surface area (Å²) in [4.78, 5) is 0. The third-order valence-corrected chi connectivity index (χ3v) is 3.05. The first-order valence-electron chi connectivity index (χ1n) is 6.37. The van der Waals surface area contributed by atoms with Crippen LogP contribution in [0.4, 0.5) is 13.2 Å². The second-order valence-corrected chi connectivity index (χ2v) is 4.53. The van der Waals surface area contributed by atoms with E-state index in [0.29, 0.717) is 12.1 Å². The van der Waals surface area contributed by atoms with Crippen molar-refractivity contribution in [3.8, 4) is 5.75 Å². The molecule has 21 heavy (non-hydrogen) atoms. The Morgan fingerprint density at radius 1 is 1.33 bits per heavy atom. The fraction of sp³-hybridized carbons (Fsp3) is 0.357. The van der Waals surface area contributed by atoms with E-state index >= 15 is 0 Å². The highest BCUT2D eigenvalue weighted by atomic mass is 19.4. The Labute approximate surface area is 119 Å². The van der Waals surface area contributed by atoms with E-state index in [1.54, 1.807) is 19.2 Å². The summed E-state index contributed by atoms with van der Waals surface area (Å²) in [5.74, 6) is -0.420. The zero-order chi connectivity index (χ0) is 15.6. The molecule has 7 heteroatoms. The van der Waals surface area contributed by atoms with E-state index in [4.69, 9.17) is 0 Å². The maximum absolute atomic E-state index is 12.4. The van der Waals surface area contributed by atoms with Gasteiger partial charge >= 0.3 is 6.36 Å². The Balaban J connectivity index is 2.38. The molecule has 0 saturated carbocycles. The number of aryl methyl sites for hydroxylation is 2. The number of alkyl halides is 3. The zero-order valence-electron chi connectivity index (χ0n) is 11.6. The quantitative estimate of drug-likeness (QED) is 0.944. The normalized spacial score (nSPS) is 13.2. The fourth-order valence-corrected chi connectivity index (χ4v) is 2.06. The van der Waals surface area contributed by atoms with Crippen LogP contribution in [0.15, 0.2) is 30.3 Å². The summed E-state index contributed by atoms with van der Waals surface area (Å²) in [6.07, 6.45) is -5.39. The average molecular weight is 300 g/mol. The molecule has 2 aromatic rings. The van der Waals surface area contributed by atoms with Gasteiger partial charge in [0.25, 0.3) is 0 Å². The van der Waals surface area contributed by atoms with Crippen molar-refractivity contribution in [1.29, 1.82) is 0 Å². The molecule has 0 aliphatic carbocycles. The molecule has 0 radical (unpaired) electrons. The van der Waals surface area contributed by atoms with E-state index in [-0.39, 0.29) is 5.56 Å². The predicted molar refractivity (Wildman–Crippen MR) is 69.8 cm³/mol. The summed E-state index contributed by atoms with van der Waals surface area (Å²) < 4.78 is 42.6. The molecule has 4 nitrogen and oxygen atoms in total. The van der Waals surface area contributed by atoms with Gasteiger partial charge < -0.3 is 9.84 Å². The molecule has 114 valence electrons. The van der Waals surface area contributed by atoms with Gasteiger partial charge in [-0.05, 0) is 18.6 Å². The van der Waals surface area contributed by atoms with E-state index in [0.717, 1.165) is 5.69 Å². The highest BCUT2D eigenvalue weighted by Gasteiger charge is 2.33. The number of para-hydroxylation sites is 1. The van der Waals surface area contributed by atoms with Gasteiger partial charge in [0.05, 0.1) is 11.4 Å². The van der Waals surface area contributed by atoms with Gasteiger partial charge in [-0.15, -0.1) is 13.2 Å². The maximum Gasteiger partial charge on any atom is 0.573 e. The van der Waals surface area contributed by atoms with Gasteiger partial charge in [-0.3, -0.25) is 4.68 Å². The van der Waals surface area contributed by atoms with Crippen LogP contribution < -0.4 is 4.74 Å². The van der Waals surface area contributed by atoms with Crippen molar-refractivity contribution in [1.82, 2.24) is 9.78 Å². The van der Waals surface area contributed by atoms with Gasteiger partial charge in [-0.25, -0.2) is 0 Å². The predicted octanol–water partition coefficient (Wildman–Crippen LogP) is 2.96. The first kappa shape index (κ1) is 15.4. The largest absolute Gasteiger partial charge is 0.573 e. The number of ether oxygens (including phenoxy) is 1. The van der Waals surface area contributed by atoms with Crippen LogP contribution in [0.5, 0.6) is 5.75 Å². The molecule has 0 aliphatic rings. The van der Waals surface area contributed by atoms with Crippen molar-refractivity contribution < 1.29 is 23.0 Å². The molecule has 1 unspecified atom stereocenters. The fourth-order valence-electron chi connectivity index (χ4n) is 2.06. The maximum atomic E-state index is 12.4. The Bertz CT molecular complexity index is 623. The van der Waals surface area contributed by atoms with E-state index in [1.807, 2.05) is 6.92 Å². The summed E-state index contributed by atoms with van der Waals surface area (Å²) in [6.45, 7) is 1.90. The summed E-state index contributed by atoms with van der Waals surface area (Å²) in [7, 11) is 1.63. The van der Waals surface area contributed by atoms with Crippen LogP contribution in [-0.4, -0.2) is 21.2 Å². The molecule has 0 bridgehead atoms. The minimum atomic E-state index is -4.81. The van der Waals surface area contributed by atoms with Gasteiger partial charge in [0.15, 0.2) is 0 Å². The van der Waals surface area contributed by atoms with E-state index < -0.39 is 18.2 Å². The Hall–Kier alpha value is -2.02. The molecule has 0 amide bonds. The number of rotatable bonds is 4. The van der Waals surface area contributed by atoms with Crippen molar-refractivity contribution >= 4 is 0 Å². The van der Waals surface area contributed by atoms with Gasteiger partial charge in [-0.2, -0.15) is 5.10 Å². The topological polar surface area (TPSA) is 47.3 Å². The van der Waals surface area contributed by atoms with Crippen LogP contribution in [0.25, 0.3) is 0 Å². The zero-order valence-corrected chi connectivity index (χ0v) is 11.6. The summed E-state index contributed by atoms with van der Waals surface area (Å²) in [6, 6.07) is 7.18. The lowest BCUT2D eigenvalue weighted by Crippen LogP contribution is -2.19. The number of aromatic nitrogens is 2. The smallest absolute Gasteiger partial charge is 0.405 e. The third kappa shape index (κ3) is 3.55. The van der Waals surface area contributed by atoms with Crippen LogP contribution in [0.3, 0.4) is 0 Å². The molecule has 0 spiro atoms. The average Bonchev–Trinajstić information content (AvgIpc) is 2.78. The van der Waals surface area contributed by atoms with Crippen molar-refractivity contribution in [2.75, 3.05) is 0 Å². The summed E-state index contributed by atoms with van der Waals surface area (Å²) >= 11 is 0. The Morgan fingerprint density at radius 3 is 2.57 bits per heavy atom. The Kier molecular flexibility index (Phi) is 4.22. The third-order valence-electron chi connectivity index (χ3n) is 3.05. The highest BCUT2D eigenvalue weighted by Crippen LogP contribution is 2.33. The second kappa shape index (κ2) is 5.77. The molecule has 1 aromatic carbocycles. The minimum Gasteiger partial charge on any atom is -0.405 e. The van der Waals surface area contributed by atoms with Gasteiger partial charge in [0.2, 0.25) is 0 Å². The van der Waals surface area contributed by atoms with Crippen LogP contribution in [0, 0.1) is 0 Å². The number of halogens is 3. The van der Waals surface area contributed by atoms with Crippen molar-refractivity contribution in [2.45, 2.75) is 25.8 Å². The second-order valence-electron chi connectivity index (χ2n) is 4.53. The molecular weight excluding hydrogens is 285 g/mol. The molecular formula is C14H15F3N2O2. The molecule has 0 saturated heterocycles. The SMILES string of the molecule is CCc1cc(C(O)c2ccccc2OC(F)(F)F)n(C)n1. The summed E-state index contributed by atoms with van der Waals surface area (Å²) in [5, 5.41) is 14.5. The van der Waals surface area contributed by atoms with Crippen LogP contribution in [0.2, 0.25) is 0 Å². The van der Waals surface area contributed by atoms with E-state index in [9.17, 15) is 18.3 Å². The standard InChI is InChI=1S/C14H15F3N2O2/c1-3-9-8-11(19(2)18-9)13(20)10-6-4-5-7-12(10)21-14(15,16)17/h4-8,13,20H,3H2,1-2H3. The molecule has 1 heterocycles. The van der Waals surface area contributed by atoms with Gasteiger partial charge in [-0.1, -0.05) is 25.1 Å². The molecule has 1 aromatic heterocycles. The number of hydrogen-bond acceptors (Lipinski definition) is 3. The minimum absolute atomic E-state index is 0.0421. The molecule has 1 N–H and O–H groups in total. The van der Waals surface area contributed by atoms with Crippen molar-refractivity contribution in [3.05, 3.63) is 47.3 Å². The number of benzene rings is 1. The van der Waals surface area contributed by atoms with E-state index in [1.165, 1.54) is 22.9 Å². The molecule has 1 atom stereocenters. The Morgan fingerprint density at radius 2 is 2.00 bits per heavy atom. The lowest BCUT2D eigenvalue weighted by atomic mass is 10.0. The number of aliphatic hydroxyl groups is 1. The number of aliphatic hydroxyl groups excluding tert-OH is 1. The number of hydrogen-bond donors (Lipinski definition) is 1. The van der Waals surface area contributed by atoms with Gasteiger partial charge in [0, 0.05) is 12.6 Å². The highest BCUT2D eigenvalue weighted by molar-refractivity contribution is 5.39. The van der Waals surface area contributed by atoms with Crippen molar-refractivity contribution in [2.24, 2.45) is 7.05 Å². The lowest BCUT2D eigenvalue weighted by Gasteiger charge is -2.17. The first-order chi connectivity index (χ1) is 9.81. The monoisotopic (exact) mass is 300 g/mol. The molecule has 2 rings (SSSR count). The van der Waals surface area contributed by atoms with Crippen LogP contribution >= 0.6 is 0 Å². The van der Waals surface area contributed by atoms with Crippen LogP contribution in [0.1, 0.15) is 30.0 Å².